The molecule has 1 aromatic carbocycles. The first-order valence-electron chi connectivity index (χ1n) is 9.68. The molecule has 2 heterocycles. The summed E-state index contributed by atoms with van der Waals surface area (Å²) >= 11 is 1.45. The highest BCUT2D eigenvalue weighted by Crippen LogP contribution is 2.30. The molecule has 1 unspecified atom stereocenters. The van der Waals surface area contributed by atoms with Gasteiger partial charge in [-0.2, -0.15) is 0 Å². The third-order valence-electron chi connectivity index (χ3n) is 4.82. The van der Waals surface area contributed by atoms with E-state index in [1.165, 1.54) is 27.8 Å². The molecule has 3 aromatic rings. The van der Waals surface area contributed by atoms with Crippen LogP contribution < -0.4 is 10.9 Å². The molecule has 2 aromatic heterocycles. The minimum atomic E-state index is -0.174. The van der Waals surface area contributed by atoms with Crippen molar-refractivity contribution in [1.29, 1.82) is 0 Å². The van der Waals surface area contributed by atoms with Crippen LogP contribution in [0.15, 0.2) is 40.8 Å². The molecule has 0 saturated carbocycles. The lowest BCUT2D eigenvalue weighted by atomic mass is 10.0. The first-order chi connectivity index (χ1) is 13.3. The van der Waals surface area contributed by atoms with E-state index >= 15 is 0 Å². The van der Waals surface area contributed by atoms with E-state index in [0.29, 0.717) is 16.1 Å². The molecule has 1 amide bonds. The summed E-state index contributed by atoms with van der Waals surface area (Å²) in [5.41, 5.74) is 2.85. The number of aryl methyl sites for hydroxylation is 1. The van der Waals surface area contributed by atoms with E-state index in [0.717, 1.165) is 24.0 Å². The van der Waals surface area contributed by atoms with Crippen LogP contribution in [0.25, 0.3) is 21.3 Å². The Morgan fingerprint density at radius 3 is 2.57 bits per heavy atom. The van der Waals surface area contributed by atoms with Crippen LogP contribution in [0.2, 0.25) is 0 Å². The van der Waals surface area contributed by atoms with Crippen molar-refractivity contribution in [3.63, 3.8) is 0 Å². The number of amides is 1. The van der Waals surface area contributed by atoms with Crippen LogP contribution in [0.5, 0.6) is 0 Å². The summed E-state index contributed by atoms with van der Waals surface area (Å²) < 4.78 is 1.40. The smallest absolute Gasteiger partial charge is 0.263 e. The van der Waals surface area contributed by atoms with Gasteiger partial charge in [-0.3, -0.25) is 14.2 Å². The quantitative estimate of drug-likeness (QED) is 0.644. The van der Waals surface area contributed by atoms with Crippen molar-refractivity contribution in [3.05, 3.63) is 51.9 Å². The molecule has 0 spiro atoms. The van der Waals surface area contributed by atoms with E-state index in [2.05, 4.69) is 24.1 Å². The predicted molar refractivity (Wildman–Crippen MR) is 116 cm³/mol. The SMILES string of the molecule is Cc1ccc(-c2csc3ncn(CC(=O)NC(C)CCC(C)C)c(=O)c23)cc1. The molecule has 0 aliphatic carbocycles. The fourth-order valence-corrected chi connectivity index (χ4v) is 4.06. The van der Waals surface area contributed by atoms with Gasteiger partial charge in [-0.1, -0.05) is 43.7 Å². The number of aromatic nitrogens is 2. The molecule has 0 bridgehead atoms. The molecule has 0 saturated heterocycles. The zero-order valence-corrected chi connectivity index (χ0v) is 17.7. The third kappa shape index (κ3) is 4.68. The largest absolute Gasteiger partial charge is 0.352 e. The Hall–Kier alpha value is -2.47. The average Bonchev–Trinajstić information content (AvgIpc) is 3.08. The maximum atomic E-state index is 13.0. The molecule has 3 rings (SSSR count). The Balaban J connectivity index is 1.82. The summed E-state index contributed by atoms with van der Waals surface area (Å²) in [7, 11) is 0. The van der Waals surface area contributed by atoms with Crippen molar-refractivity contribution in [3.8, 4) is 11.1 Å². The minimum absolute atomic E-state index is 0.0169. The summed E-state index contributed by atoms with van der Waals surface area (Å²) in [5.74, 6) is 0.444. The molecule has 0 aliphatic rings. The maximum Gasteiger partial charge on any atom is 0.263 e. The fourth-order valence-electron chi connectivity index (χ4n) is 3.16. The average molecular weight is 398 g/mol. The highest BCUT2D eigenvalue weighted by atomic mass is 32.1. The standard InChI is InChI=1S/C22H27N3O2S/c1-14(2)5-8-16(4)24-19(26)11-25-13-23-21-20(22(25)27)18(12-28-21)17-9-6-15(3)7-10-17/h6-7,9-10,12-14,16H,5,8,11H2,1-4H3,(H,24,26). The van der Waals surface area contributed by atoms with Crippen LogP contribution in [0.4, 0.5) is 0 Å². The molecule has 0 radical (unpaired) electrons. The highest BCUT2D eigenvalue weighted by molar-refractivity contribution is 7.17. The third-order valence-corrected chi connectivity index (χ3v) is 5.71. The zero-order valence-electron chi connectivity index (χ0n) is 16.9. The number of hydrogen-bond donors (Lipinski definition) is 1. The van der Waals surface area contributed by atoms with E-state index in [-0.39, 0.29) is 24.1 Å². The number of nitrogens with one attached hydrogen (secondary N) is 1. The van der Waals surface area contributed by atoms with Gasteiger partial charge in [0.1, 0.15) is 11.4 Å². The highest BCUT2D eigenvalue weighted by Gasteiger charge is 2.15. The molecule has 5 nitrogen and oxygen atoms in total. The Kier molecular flexibility index (Phi) is 6.29. The van der Waals surface area contributed by atoms with Crippen LogP contribution >= 0.6 is 11.3 Å². The fraction of sp³-hybridized carbons (Fsp3) is 0.409. The molecule has 1 atom stereocenters. The van der Waals surface area contributed by atoms with Crippen molar-refractivity contribution in [2.24, 2.45) is 5.92 Å². The van der Waals surface area contributed by atoms with Gasteiger partial charge in [-0.05, 0) is 38.2 Å². The number of carbonyl (C=O) groups is 1. The van der Waals surface area contributed by atoms with Gasteiger partial charge in [0, 0.05) is 17.0 Å². The van der Waals surface area contributed by atoms with Crippen LogP contribution in [0.1, 0.15) is 39.2 Å². The second kappa shape index (κ2) is 8.69. The maximum absolute atomic E-state index is 13.0. The summed E-state index contributed by atoms with van der Waals surface area (Å²) in [6.07, 6.45) is 3.46. The lowest BCUT2D eigenvalue weighted by molar-refractivity contribution is -0.122. The van der Waals surface area contributed by atoms with Crippen molar-refractivity contribution in [2.75, 3.05) is 0 Å². The van der Waals surface area contributed by atoms with E-state index < -0.39 is 0 Å². The van der Waals surface area contributed by atoms with Crippen LogP contribution in [-0.4, -0.2) is 21.5 Å². The van der Waals surface area contributed by atoms with E-state index in [9.17, 15) is 9.59 Å². The Bertz CT molecular complexity index is 1020. The Morgan fingerprint density at radius 1 is 1.18 bits per heavy atom. The van der Waals surface area contributed by atoms with Crippen LogP contribution in [0, 0.1) is 12.8 Å². The topological polar surface area (TPSA) is 64.0 Å². The molecule has 148 valence electrons. The van der Waals surface area contributed by atoms with Crippen LogP contribution in [0.3, 0.4) is 0 Å². The van der Waals surface area contributed by atoms with Gasteiger partial charge in [-0.25, -0.2) is 4.98 Å². The molecule has 1 N–H and O–H groups in total. The molecule has 0 aliphatic heterocycles. The number of hydrogen-bond acceptors (Lipinski definition) is 4. The number of benzene rings is 1. The van der Waals surface area contributed by atoms with Gasteiger partial charge in [0.25, 0.3) is 5.56 Å². The Labute approximate surface area is 169 Å². The summed E-state index contributed by atoms with van der Waals surface area (Å²) in [6, 6.07) is 8.17. The second-order valence-electron chi connectivity index (χ2n) is 7.81. The first kappa shape index (κ1) is 20.3. The van der Waals surface area contributed by atoms with Gasteiger partial charge in [0.05, 0.1) is 11.7 Å². The van der Waals surface area contributed by atoms with Gasteiger partial charge in [0.15, 0.2) is 0 Å². The number of carbonyl (C=O) groups excluding carboxylic acids is 1. The first-order valence-corrected chi connectivity index (χ1v) is 10.6. The molecule has 0 fully saturated rings. The normalized spacial score (nSPS) is 12.5. The number of rotatable bonds is 7. The van der Waals surface area contributed by atoms with Gasteiger partial charge in [0.2, 0.25) is 5.91 Å². The molecule has 6 heteroatoms. The van der Waals surface area contributed by atoms with Gasteiger partial charge in [-0.15, -0.1) is 11.3 Å². The monoisotopic (exact) mass is 397 g/mol. The summed E-state index contributed by atoms with van der Waals surface area (Å²) in [6.45, 7) is 8.35. The second-order valence-corrected chi connectivity index (χ2v) is 8.67. The minimum Gasteiger partial charge on any atom is -0.352 e. The molecular formula is C22H27N3O2S. The van der Waals surface area contributed by atoms with Crippen molar-refractivity contribution >= 4 is 27.5 Å². The number of thiophene rings is 1. The Morgan fingerprint density at radius 2 is 1.89 bits per heavy atom. The number of nitrogens with zero attached hydrogens (tertiary/aromatic N) is 2. The van der Waals surface area contributed by atoms with Gasteiger partial charge >= 0.3 is 0 Å². The van der Waals surface area contributed by atoms with Crippen molar-refractivity contribution < 1.29 is 4.79 Å². The number of fused-ring (bicyclic) bond motifs is 1. The molecule has 28 heavy (non-hydrogen) atoms. The summed E-state index contributed by atoms with van der Waals surface area (Å²) in [4.78, 5) is 30.5. The predicted octanol–water partition coefficient (Wildman–Crippen LogP) is 4.37. The lowest BCUT2D eigenvalue weighted by Crippen LogP contribution is -2.37. The van der Waals surface area contributed by atoms with E-state index in [1.54, 1.807) is 0 Å². The van der Waals surface area contributed by atoms with Crippen molar-refractivity contribution in [1.82, 2.24) is 14.9 Å². The zero-order chi connectivity index (χ0) is 20.3. The van der Waals surface area contributed by atoms with Crippen LogP contribution in [-0.2, 0) is 11.3 Å². The van der Waals surface area contributed by atoms with E-state index in [4.69, 9.17) is 0 Å². The summed E-state index contributed by atoms with van der Waals surface area (Å²) in [5, 5.41) is 5.52. The van der Waals surface area contributed by atoms with Gasteiger partial charge < -0.3 is 5.32 Å². The van der Waals surface area contributed by atoms with E-state index in [1.807, 2.05) is 43.5 Å². The lowest BCUT2D eigenvalue weighted by Gasteiger charge is -2.15. The molecular weight excluding hydrogens is 370 g/mol. The van der Waals surface area contributed by atoms with Crippen molar-refractivity contribution in [2.45, 2.75) is 53.1 Å².